The zero-order valence-electron chi connectivity index (χ0n) is 10.6. The van der Waals surface area contributed by atoms with Crippen molar-refractivity contribution in [3.63, 3.8) is 0 Å². The second-order valence-electron chi connectivity index (χ2n) is 4.31. The molecule has 0 aliphatic carbocycles. The van der Waals surface area contributed by atoms with Gasteiger partial charge in [0.2, 0.25) is 0 Å². The monoisotopic (exact) mass is 374 g/mol. The molecule has 0 aromatic heterocycles. The van der Waals surface area contributed by atoms with E-state index in [0.29, 0.717) is 0 Å². The molecule has 0 saturated heterocycles. The van der Waals surface area contributed by atoms with E-state index in [-0.39, 0.29) is 17.3 Å². The molecule has 0 bridgehead atoms. The van der Waals surface area contributed by atoms with Crippen molar-refractivity contribution in [1.82, 2.24) is 0 Å². The highest BCUT2D eigenvalue weighted by Crippen LogP contribution is 2.28. The quantitative estimate of drug-likeness (QED) is 0.750. The Bertz CT molecular complexity index is 729. The molecule has 106 valence electrons. The molecule has 0 amide bonds. The first kappa shape index (κ1) is 15.4. The average molecular weight is 376 g/mol. The van der Waals surface area contributed by atoms with Gasteiger partial charge in [0.05, 0.1) is 0 Å². The molecular weight excluding hydrogens is 364 g/mol. The van der Waals surface area contributed by atoms with Crippen molar-refractivity contribution in [1.29, 1.82) is 0 Å². The van der Waals surface area contributed by atoms with Crippen LogP contribution in [0.5, 0.6) is 5.75 Å². The second-order valence-corrected chi connectivity index (χ2v) is 7.76. The number of benzene rings is 2. The summed E-state index contributed by atoms with van der Waals surface area (Å²) < 4.78 is 29.6. The summed E-state index contributed by atoms with van der Waals surface area (Å²) in [6.07, 6.45) is 0. The molecule has 2 aromatic carbocycles. The fraction of sp³-hybridized carbons (Fsp3) is 0.143. The van der Waals surface area contributed by atoms with Gasteiger partial charge < -0.3 is 4.74 Å². The zero-order chi connectivity index (χ0) is 14.8. The average Bonchev–Trinajstić information content (AvgIpc) is 2.36. The molecule has 0 radical (unpaired) electrons. The second kappa shape index (κ2) is 6.16. The maximum atomic E-state index is 11.5. The number of aryl methyl sites for hydroxylation is 1. The molecule has 0 unspecified atom stereocenters. The van der Waals surface area contributed by atoms with Gasteiger partial charge in [-0.15, -0.1) is 0 Å². The van der Waals surface area contributed by atoms with Gasteiger partial charge >= 0.3 is 0 Å². The van der Waals surface area contributed by atoms with E-state index in [1.54, 1.807) is 19.1 Å². The van der Waals surface area contributed by atoms with E-state index < -0.39 is 9.05 Å². The largest absolute Gasteiger partial charge is 0.487 e. The van der Waals surface area contributed by atoms with E-state index in [9.17, 15) is 8.42 Å². The lowest BCUT2D eigenvalue weighted by molar-refractivity contribution is 0.298. The van der Waals surface area contributed by atoms with Crippen LogP contribution in [-0.4, -0.2) is 8.42 Å². The van der Waals surface area contributed by atoms with E-state index in [1.165, 1.54) is 6.07 Å². The van der Waals surface area contributed by atoms with Crippen molar-refractivity contribution >= 4 is 35.7 Å². The smallest absolute Gasteiger partial charge is 0.264 e. The summed E-state index contributed by atoms with van der Waals surface area (Å²) in [6.45, 7) is 2.06. The maximum absolute atomic E-state index is 11.5. The lowest BCUT2D eigenvalue weighted by atomic mass is 10.2. The van der Waals surface area contributed by atoms with Gasteiger partial charge in [-0.25, -0.2) is 8.42 Å². The van der Waals surface area contributed by atoms with Gasteiger partial charge in [0, 0.05) is 15.2 Å². The highest BCUT2D eigenvalue weighted by atomic mass is 79.9. The Balaban J connectivity index is 2.26. The first-order valence-corrected chi connectivity index (χ1v) is 8.89. The SMILES string of the molecule is Cc1ccc(OCc2cccc(Br)c2)c(S(=O)(=O)Cl)c1. The molecule has 3 nitrogen and oxygen atoms in total. The summed E-state index contributed by atoms with van der Waals surface area (Å²) >= 11 is 3.37. The van der Waals surface area contributed by atoms with E-state index in [4.69, 9.17) is 15.4 Å². The predicted octanol–water partition coefficient (Wildman–Crippen LogP) is 4.26. The van der Waals surface area contributed by atoms with Crippen molar-refractivity contribution in [2.24, 2.45) is 0 Å². The van der Waals surface area contributed by atoms with Gasteiger partial charge in [-0.2, -0.15) is 0 Å². The Hall–Kier alpha value is -1.04. The van der Waals surface area contributed by atoms with Gasteiger partial charge in [0.15, 0.2) is 0 Å². The topological polar surface area (TPSA) is 43.4 Å². The minimum atomic E-state index is -3.83. The third kappa shape index (κ3) is 3.98. The molecular formula is C14H12BrClO3S. The lowest BCUT2D eigenvalue weighted by Crippen LogP contribution is -2.01. The standard InChI is InChI=1S/C14H12BrClO3S/c1-10-5-6-13(14(7-10)20(16,17)18)19-9-11-3-2-4-12(15)8-11/h2-8H,9H2,1H3. The Morgan fingerprint density at radius 1 is 1.20 bits per heavy atom. The summed E-state index contributed by atoms with van der Waals surface area (Å²) in [5.74, 6) is 0.255. The van der Waals surface area contributed by atoms with Crippen LogP contribution in [0.1, 0.15) is 11.1 Å². The van der Waals surface area contributed by atoms with Crippen molar-refractivity contribution in [3.8, 4) is 5.75 Å². The van der Waals surface area contributed by atoms with Crippen LogP contribution in [0.15, 0.2) is 51.8 Å². The molecule has 0 atom stereocenters. The van der Waals surface area contributed by atoms with Crippen molar-refractivity contribution in [2.45, 2.75) is 18.4 Å². The molecule has 2 rings (SSSR count). The molecule has 2 aromatic rings. The van der Waals surface area contributed by atoms with Crippen molar-refractivity contribution in [3.05, 3.63) is 58.1 Å². The fourth-order valence-corrected chi connectivity index (χ4v) is 3.22. The molecule has 0 heterocycles. The number of ether oxygens (including phenoxy) is 1. The van der Waals surface area contributed by atoms with Crippen LogP contribution >= 0.6 is 26.6 Å². The number of hydrogen-bond donors (Lipinski definition) is 0. The number of hydrogen-bond acceptors (Lipinski definition) is 3. The third-order valence-electron chi connectivity index (χ3n) is 2.65. The molecule has 20 heavy (non-hydrogen) atoms. The van der Waals surface area contributed by atoms with E-state index in [2.05, 4.69) is 15.9 Å². The molecule has 0 aliphatic heterocycles. The Labute approximate surface area is 131 Å². The first-order valence-electron chi connectivity index (χ1n) is 5.79. The van der Waals surface area contributed by atoms with E-state index in [1.807, 2.05) is 24.3 Å². The van der Waals surface area contributed by atoms with Crippen LogP contribution in [0.25, 0.3) is 0 Å². The molecule has 6 heteroatoms. The van der Waals surface area contributed by atoms with Gasteiger partial charge in [-0.3, -0.25) is 0 Å². The van der Waals surface area contributed by atoms with Gasteiger partial charge in [-0.05, 0) is 42.3 Å². The first-order chi connectivity index (χ1) is 9.36. The predicted molar refractivity (Wildman–Crippen MR) is 82.7 cm³/mol. The van der Waals surface area contributed by atoms with E-state index in [0.717, 1.165) is 15.6 Å². The Morgan fingerprint density at radius 3 is 2.60 bits per heavy atom. The maximum Gasteiger partial charge on any atom is 0.264 e. The van der Waals surface area contributed by atoms with E-state index >= 15 is 0 Å². The lowest BCUT2D eigenvalue weighted by Gasteiger charge is -2.10. The van der Waals surface area contributed by atoms with Crippen LogP contribution < -0.4 is 4.74 Å². The minimum absolute atomic E-state index is 0.00540. The third-order valence-corrected chi connectivity index (χ3v) is 4.48. The molecule has 0 fully saturated rings. The van der Waals surface area contributed by atoms with Crippen molar-refractivity contribution in [2.75, 3.05) is 0 Å². The molecule has 0 aliphatic rings. The molecule has 0 saturated carbocycles. The van der Waals surface area contributed by atoms with Crippen LogP contribution in [0.4, 0.5) is 0 Å². The highest BCUT2D eigenvalue weighted by molar-refractivity contribution is 9.10. The normalized spacial score (nSPS) is 11.3. The minimum Gasteiger partial charge on any atom is -0.487 e. The Morgan fingerprint density at radius 2 is 1.95 bits per heavy atom. The van der Waals surface area contributed by atoms with Crippen LogP contribution in [0.2, 0.25) is 0 Å². The zero-order valence-corrected chi connectivity index (χ0v) is 13.8. The highest BCUT2D eigenvalue weighted by Gasteiger charge is 2.17. The van der Waals surface area contributed by atoms with Crippen LogP contribution in [-0.2, 0) is 15.7 Å². The van der Waals surface area contributed by atoms with Crippen LogP contribution in [0, 0.1) is 6.92 Å². The summed E-state index contributed by atoms with van der Waals surface area (Å²) in [5, 5.41) is 0. The fourth-order valence-electron chi connectivity index (χ4n) is 1.71. The Kier molecular flexibility index (Phi) is 4.73. The number of halogens is 2. The van der Waals surface area contributed by atoms with Gasteiger partial charge in [0.1, 0.15) is 17.3 Å². The summed E-state index contributed by atoms with van der Waals surface area (Å²) in [6, 6.07) is 12.5. The molecule has 0 spiro atoms. The van der Waals surface area contributed by atoms with Crippen LogP contribution in [0.3, 0.4) is 0 Å². The summed E-state index contributed by atoms with van der Waals surface area (Å²) in [4.78, 5) is -0.00540. The summed E-state index contributed by atoms with van der Waals surface area (Å²) in [5.41, 5.74) is 1.73. The number of rotatable bonds is 4. The molecule has 0 N–H and O–H groups in total. The summed E-state index contributed by atoms with van der Waals surface area (Å²) in [7, 11) is 1.60. The van der Waals surface area contributed by atoms with Gasteiger partial charge in [0.25, 0.3) is 9.05 Å². The van der Waals surface area contributed by atoms with Crippen molar-refractivity contribution < 1.29 is 13.2 Å². The van der Waals surface area contributed by atoms with Gasteiger partial charge in [-0.1, -0.05) is 34.1 Å².